The van der Waals surface area contributed by atoms with Gasteiger partial charge in [-0.05, 0) is 39.3 Å². The minimum Gasteiger partial charge on any atom is -0.352 e. The van der Waals surface area contributed by atoms with Gasteiger partial charge in [0.15, 0.2) is 0 Å². The lowest BCUT2D eigenvalue weighted by atomic mass is 10.1. The average molecular weight is 385 g/mol. The second-order valence-electron chi connectivity index (χ2n) is 7.04. The number of halogens is 2. The molecule has 1 aromatic heterocycles. The Morgan fingerprint density at radius 1 is 1.36 bits per heavy atom. The van der Waals surface area contributed by atoms with Gasteiger partial charge in [-0.3, -0.25) is 9.48 Å². The zero-order chi connectivity index (χ0) is 17.9. The number of nitrogens with zero attached hydrogens (tertiary/aromatic N) is 2. The SMILES string of the molecule is CC(CN)CNC(=O)c1cn(C(C)(C)C)nc1-c1ccccc1Cl.Cl. The van der Waals surface area contributed by atoms with Crippen molar-refractivity contribution in [2.45, 2.75) is 33.2 Å². The van der Waals surface area contributed by atoms with Crippen LogP contribution in [0.15, 0.2) is 30.5 Å². The molecule has 1 aromatic carbocycles. The van der Waals surface area contributed by atoms with Crippen LogP contribution in [0.3, 0.4) is 0 Å². The predicted octanol–water partition coefficient (Wildman–Crippen LogP) is 3.70. The third kappa shape index (κ3) is 5.21. The Labute approximate surface area is 160 Å². The number of hydrogen-bond donors (Lipinski definition) is 2. The highest BCUT2D eigenvalue weighted by molar-refractivity contribution is 6.33. The van der Waals surface area contributed by atoms with Crippen molar-refractivity contribution < 1.29 is 4.79 Å². The highest BCUT2D eigenvalue weighted by atomic mass is 35.5. The van der Waals surface area contributed by atoms with Gasteiger partial charge in [-0.15, -0.1) is 12.4 Å². The molecule has 1 unspecified atom stereocenters. The fraction of sp³-hybridized carbons (Fsp3) is 0.444. The fourth-order valence-corrected chi connectivity index (χ4v) is 2.41. The average Bonchev–Trinajstić information content (AvgIpc) is 2.98. The number of amides is 1. The first-order valence-electron chi connectivity index (χ1n) is 8.07. The van der Waals surface area contributed by atoms with Gasteiger partial charge in [0.1, 0.15) is 5.69 Å². The molecule has 1 atom stereocenters. The summed E-state index contributed by atoms with van der Waals surface area (Å²) >= 11 is 6.31. The van der Waals surface area contributed by atoms with Crippen molar-refractivity contribution in [3.8, 4) is 11.3 Å². The number of rotatable bonds is 5. The molecule has 0 radical (unpaired) electrons. The lowest BCUT2D eigenvalue weighted by Crippen LogP contribution is -2.31. The Bertz CT molecular complexity index is 722. The van der Waals surface area contributed by atoms with Crippen molar-refractivity contribution >= 4 is 29.9 Å². The van der Waals surface area contributed by atoms with Gasteiger partial charge in [-0.2, -0.15) is 5.10 Å². The Morgan fingerprint density at radius 3 is 2.56 bits per heavy atom. The van der Waals surface area contributed by atoms with Crippen molar-refractivity contribution in [3.63, 3.8) is 0 Å². The monoisotopic (exact) mass is 384 g/mol. The maximum atomic E-state index is 12.7. The molecule has 1 amide bonds. The van der Waals surface area contributed by atoms with Crippen LogP contribution in [0, 0.1) is 5.92 Å². The van der Waals surface area contributed by atoms with Crippen molar-refractivity contribution in [3.05, 3.63) is 41.0 Å². The number of carbonyl (C=O) groups excluding carboxylic acids is 1. The van der Waals surface area contributed by atoms with Gasteiger partial charge in [0, 0.05) is 18.3 Å². The zero-order valence-corrected chi connectivity index (χ0v) is 16.6. The Morgan fingerprint density at radius 2 is 2.00 bits per heavy atom. The molecule has 138 valence electrons. The first-order valence-corrected chi connectivity index (χ1v) is 8.45. The largest absolute Gasteiger partial charge is 0.352 e. The molecular weight excluding hydrogens is 359 g/mol. The number of hydrogen-bond acceptors (Lipinski definition) is 3. The molecule has 0 aliphatic carbocycles. The van der Waals surface area contributed by atoms with Crippen LogP contribution in [0.5, 0.6) is 0 Å². The first-order chi connectivity index (χ1) is 11.2. The smallest absolute Gasteiger partial charge is 0.255 e. The summed E-state index contributed by atoms with van der Waals surface area (Å²) < 4.78 is 1.80. The number of aromatic nitrogens is 2. The fourth-order valence-electron chi connectivity index (χ4n) is 2.18. The maximum absolute atomic E-state index is 12.7. The normalized spacial score (nSPS) is 12.4. The summed E-state index contributed by atoms with van der Waals surface area (Å²) in [5.74, 6) is 0.0519. The van der Waals surface area contributed by atoms with Crippen molar-refractivity contribution in [1.82, 2.24) is 15.1 Å². The van der Waals surface area contributed by atoms with Gasteiger partial charge in [0.25, 0.3) is 5.91 Å². The second-order valence-corrected chi connectivity index (χ2v) is 7.44. The van der Waals surface area contributed by atoms with E-state index in [-0.39, 0.29) is 29.8 Å². The van der Waals surface area contributed by atoms with Gasteiger partial charge >= 0.3 is 0 Å². The molecule has 0 fully saturated rings. The summed E-state index contributed by atoms with van der Waals surface area (Å²) in [5.41, 5.74) is 7.23. The van der Waals surface area contributed by atoms with Crippen molar-refractivity contribution in [2.24, 2.45) is 11.7 Å². The number of carbonyl (C=O) groups is 1. The Balaban J connectivity index is 0.00000312. The lowest BCUT2D eigenvalue weighted by molar-refractivity contribution is 0.0949. The molecule has 0 saturated heterocycles. The Hall–Kier alpha value is -1.56. The van der Waals surface area contributed by atoms with Crippen LogP contribution in [-0.2, 0) is 5.54 Å². The van der Waals surface area contributed by atoms with E-state index in [9.17, 15) is 4.79 Å². The number of nitrogens with two attached hydrogens (primary N) is 1. The van der Waals surface area contributed by atoms with E-state index >= 15 is 0 Å². The summed E-state index contributed by atoms with van der Waals surface area (Å²) in [7, 11) is 0. The molecule has 0 aliphatic rings. The van der Waals surface area contributed by atoms with Crippen LogP contribution in [0.25, 0.3) is 11.3 Å². The van der Waals surface area contributed by atoms with E-state index in [0.717, 1.165) is 5.56 Å². The van der Waals surface area contributed by atoms with Crippen LogP contribution in [0.2, 0.25) is 5.02 Å². The van der Waals surface area contributed by atoms with Gasteiger partial charge in [-0.1, -0.05) is 36.7 Å². The molecule has 0 spiro atoms. The maximum Gasteiger partial charge on any atom is 0.255 e. The molecule has 2 aromatic rings. The van der Waals surface area contributed by atoms with Gasteiger partial charge < -0.3 is 11.1 Å². The summed E-state index contributed by atoms with van der Waals surface area (Å²) in [6.07, 6.45) is 1.78. The van der Waals surface area contributed by atoms with Crippen LogP contribution in [-0.4, -0.2) is 28.8 Å². The van der Waals surface area contributed by atoms with Crippen molar-refractivity contribution in [1.29, 1.82) is 0 Å². The molecule has 0 saturated carbocycles. The molecule has 25 heavy (non-hydrogen) atoms. The second kappa shape index (κ2) is 8.70. The highest BCUT2D eigenvalue weighted by Crippen LogP contribution is 2.30. The molecule has 0 bridgehead atoms. The molecule has 0 aliphatic heterocycles. The third-order valence-corrected chi connectivity index (χ3v) is 4.12. The molecule has 1 heterocycles. The summed E-state index contributed by atoms with van der Waals surface area (Å²) in [5, 5.41) is 8.13. The topological polar surface area (TPSA) is 72.9 Å². The summed E-state index contributed by atoms with van der Waals surface area (Å²) in [6, 6.07) is 7.41. The molecule has 3 N–H and O–H groups in total. The quantitative estimate of drug-likeness (QED) is 0.824. The predicted molar refractivity (Wildman–Crippen MR) is 105 cm³/mol. The van der Waals surface area contributed by atoms with Crippen LogP contribution in [0.4, 0.5) is 0 Å². The van der Waals surface area contributed by atoms with E-state index in [1.54, 1.807) is 16.9 Å². The van der Waals surface area contributed by atoms with E-state index in [1.165, 1.54) is 0 Å². The minimum atomic E-state index is -0.237. The highest BCUT2D eigenvalue weighted by Gasteiger charge is 2.24. The van der Waals surface area contributed by atoms with Crippen LogP contribution < -0.4 is 11.1 Å². The molecule has 2 rings (SSSR count). The summed E-state index contributed by atoms with van der Waals surface area (Å²) in [4.78, 5) is 12.7. The number of benzene rings is 1. The lowest BCUT2D eigenvalue weighted by Gasteiger charge is -2.18. The minimum absolute atomic E-state index is 0. The standard InChI is InChI=1S/C18H25ClN4O.ClH/c1-12(9-20)10-21-17(24)14-11-23(18(2,3)4)22-16(14)13-7-5-6-8-15(13)19;/h5-8,11-12H,9-10,20H2,1-4H3,(H,21,24);1H. The van der Waals surface area contributed by atoms with Crippen LogP contribution >= 0.6 is 24.0 Å². The van der Waals surface area contributed by atoms with E-state index in [0.29, 0.717) is 29.4 Å². The first kappa shape index (κ1) is 21.5. The van der Waals surface area contributed by atoms with Gasteiger partial charge in [0.2, 0.25) is 0 Å². The van der Waals surface area contributed by atoms with Gasteiger partial charge in [0.05, 0.1) is 16.1 Å². The number of nitrogens with one attached hydrogen (secondary N) is 1. The third-order valence-electron chi connectivity index (χ3n) is 3.79. The van der Waals surface area contributed by atoms with Crippen LogP contribution in [0.1, 0.15) is 38.1 Å². The van der Waals surface area contributed by atoms with E-state index < -0.39 is 0 Å². The van der Waals surface area contributed by atoms with Crippen molar-refractivity contribution in [2.75, 3.05) is 13.1 Å². The molecular formula is C18H26Cl2N4O. The van der Waals surface area contributed by atoms with E-state index in [4.69, 9.17) is 17.3 Å². The molecule has 7 heteroatoms. The van der Waals surface area contributed by atoms with E-state index in [2.05, 4.69) is 10.4 Å². The Kier molecular flexibility index (Phi) is 7.47. The summed E-state index contributed by atoms with van der Waals surface area (Å²) in [6.45, 7) is 9.16. The molecule has 5 nitrogen and oxygen atoms in total. The van der Waals surface area contributed by atoms with E-state index in [1.807, 2.05) is 45.9 Å². The zero-order valence-electron chi connectivity index (χ0n) is 15.0. The van der Waals surface area contributed by atoms with Gasteiger partial charge in [-0.25, -0.2) is 0 Å².